The molecule has 1 aliphatic rings. The highest BCUT2D eigenvalue weighted by Crippen LogP contribution is 2.29. The van der Waals surface area contributed by atoms with Crippen molar-refractivity contribution in [1.82, 2.24) is 19.4 Å². The van der Waals surface area contributed by atoms with E-state index < -0.39 is 0 Å². The third kappa shape index (κ3) is 5.23. The molecule has 1 aromatic heterocycles. The summed E-state index contributed by atoms with van der Waals surface area (Å²) in [4.78, 5) is 34.2. The van der Waals surface area contributed by atoms with E-state index in [1.807, 2.05) is 23.1 Å². The largest absolute Gasteiger partial charge is 0.493 e. The molecule has 4 rings (SSSR count). The van der Waals surface area contributed by atoms with E-state index in [1.54, 1.807) is 12.1 Å². The van der Waals surface area contributed by atoms with Crippen molar-refractivity contribution in [2.24, 2.45) is 0 Å². The summed E-state index contributed by atoms with van der Waals surface area (Å²) in [6.07, 6.45) is 5.68. The van der Waals surface area contributed by atoms with Gasteiger partial charge in [-0.25, -0.2) is 4.98 Å². The predicted molar refractivity (Wildman–Crippen MR) is 128 cm³/mol. The molecule has 2 aromatic carbocycles. The Bertz CT molecular complexity index is 1200. The molecule has 1 saturated heterocycles. The van der Waals surface area contributed by atoms with Gasteiger partial charge in [-0.15, -0.1) is 0 Å². The third-order valence-electron chi connectivity index (χ3n) is 5.83. The minimum absolute atomic E-state index is 0.0377. The van der Waals surface area contributed by atoms with E-state index in [-0.39, 0.29) is 18.0 Å². The zero-order valence-electron chi connectivity index (χ0n) is 18.9. The van der Waals surface area contributed by atoms with E-state index in [0.717, 1.165) is 19.6 Å². The van der Waals surface area contributed by atoms with E-state index in [0.29, 0.717) is 35.5 Å². The van der Waals surface area contributed by atoms with Crippen molar-refractivity contribution in [1.29, 1.82) is 0 Å². The minimum atomic E-state index is -0.279. The van der Waals surface area contributed by atoms with Crippen molar-refractivity contribution < 1.29 is 14.3 Å². The molecule has 0 aliphatic carbocycles. The Morgan fingerprint density at radius 2 is 1.73 bits per heavy atom. The zero-order valence-corrected chi connectivity index (χ0v) is 18.9. The lowest BCUT2D eigenvalue weighted by molar-refractivity contribution is -0.133. The van der Waals surface area contributed by atoms with Gasteiger partial charge in [0.1, 0.15) is 6.54 Å². The molecule has 0 radical (unpaired) electrons. The first-order valence-electron chi connectivity index (χ1n) is 10.9. The Kier molecular flexibility index (Phi) is 7.04. The van der Waals surface area contributed by atoms with Crippen molar-refractivity contribution in [2.75, 3.05) is 46.9 Å². The fourth-order valence-corrected chi connectivity index (χ4v) is 3.93. The monoisotopic (exact) mass is 448 g/mol. The normalized spacial score (nSPS) is 14.7. The minimum Gasteiger partial charge on any atom is -0.493 e. The molecule has 1 amide bonds. The summed E-state index contributed by atoms with van der Waals surface area (Å²) < 4.78 is 11.9. The lowest BCUT2D eigenvalue weighted by atomic mass is 10.2. The van der Waals surface area contributed by atoms with Gasteiger partial charge < -0.3 is 14.4 Å². The fourth-order valence-electron chi connectivity index (χ4n) is 3.93. The number of fused-ring (bicyclic) bond motifs is 1. The highest BCUT2D eigenvalue weighted by Gasteiger charge is 2.21. The average Bonchev–Trinajstić information content (AvgIpc) is 2.86. The molecule has 3 aromatic rings. The van der Waals surface area contributed by atoms with E-state index in [9.17, 15) is 9.59 Å². The second-order valence-electron chi connectivity index (χ2n) is 7.90. The molecule has 0 atom stereocenters. The first-order chi connectivity index (χ1) is 16.1. The number of carbonyl (C=O) groups is 1. The van der Waals surface area contributed by atoms with Crippen molar-refractivity contribution in [3.8, 4) is 11.5 Å². The van der Waals surface area contributed by atoms with Gasteiger partial charge in [-0.2, -0.15) is 0 Å². The summed E-state index contributed by atoms with van der Waals surface area (Å²) in [6.45, 7) is 3.68. The highest BCUT2D eigenvalue weighted by atomic mass is 16.5. The summed E-state index contributed by atoms with van der Waals surface area (Å²) in [5.41, 5.74) is 1.40. The van der Waals surface area contributed by atoms with Crippen LogP contribution in [-0.4, -0.2) is 72.2 Å². The maximum atomic E-state index is 12.9. The molecule has 33 heavy (non-hydrogen) atoms. The standard InChI is InChI=1S/C25H28N4O4/c1-32-22-15-20-21(16-23(22)33-2)26-18-29(25(20)31)17-24(30)28-13-11-27(12-14-28)10-6-9-19-7-4-3-5-8-19/h3-9,15-16,18H,10-14,17H2,1-2H3/b9-6+. The number of ether oxygens (including phenoxy) is 2. The fraction of sp³-hybridized carbons (Fsp3) is 0.320. The van der Waals surface area contributed by atoms with E-state index in [2.05, 4.69) is 34.2 Å². The number of rotatable bonds is 7. The zero-order chi connectivity index (χ0) is 23.2. The molecule has 1 fully saturated rings. The van der Waals surface area contributed by atoms with Crippen LogP contribution in [0, 0.1) is 0 Å². The van der Waals surface area contributed by atoms with Gasteiger partial charge in [0.25, 0.3) is 5.56 Å². The molecule has 0 unspecified atom stereocenters. The summed E-state index contributed by atoms with van der Waals surface area (Å²) >= 11 is 0. The van der Waals surface area contributed by atoms with Crippen LogP contribution >= 0.6 is 0 Å². The Balaban J connectivity index is 1.36. The molecule has 1 aliphatic heterocycles. The summed E-state index contributed by atoms with van der Waals surface area (Å²) in [7, 11) is 3.04. The van der Waals surface area contributed by atoms with Crippen molar-refractivity contribution in [3.63, 3.8) is 0 Å². The van der Waals surface area contributed by atoms with Crippen molar-refractivity contribution in [3.05, 3.63) is 70.8 Å². The number of hydrogen-bond acceptors (Lipinski definition) is 6. The van der Waals surface area contributed by atoms with E-state index in [1.165, 1.54) is 30.7 Å². The van der Waals surface area contributed by atoms with Gasteiger partial charge in [0.2, 0.25) is 5.91 Å². The average molecular weight is 449 g/mol. The van der Waals surface area contributed by atoms with Crippen LogP contribution in [0.4, 0.5) is 0 Å². The second-order valence-corrected chi connectivity index (χ2v) is 7.90. The molecule has 0 saturated carbocycles. The van der Waals surface area contributed by atoms with Crippen LogP contribution in [0.25, 0.3) is 17.0 Å². The van der Waals surface area contributed by atoms with E-state index >= 15 is 0 Å². The number of carbonyl (C=O) groups excluding carboxylic acids is 1. The number of methoxy groups -OCH3 is 2. The van der Waals surface area contributed by atoms with E-state index in [4.69, 9.17) is 9.47 Å². The van der Waals surface area contributed by atoms with Gasteiger partial charge in [-0.3, -0.25) is 19.1 Å². The quantitative estimate of drug-likeness (QED) is 0.552. The first kappa shape index (κ1) is 22.5. The summed E-state index contributed by atoms with van der Waals surface area (Å²) in [6, 6.07) is 13.5. The summed E-state index contributed by atoms with van der Waals surface area (Å²) in [5, 5.41) is 0.387. The number of nitrogens with zero attached hydrogens (tertiary/aromatic N) is 4. The molecular formula is C25H28N4O4. The van der Waals surface area contributed by atoms with Crippen LogP contribution in [0.5, 0.6) is 11.5 Å². The summed E-state index contributed by atoms with van der Waals surface area (Å²) in [5.74, 6) is 0.867. The van der Waals surface area contributed by atoms with Gasteiger partial charge in [0.05, 0.1) is 31.4 Å². The van der Waals surface area contributed by atoms with Gasteiger partial charge in [-0.05, 0) is 11.6 Å². The molecule has 8 heteroatoms. The molecular weight excluding hydrogens is 420 g/mol. The van der Waals surface area contributed by atoms with Crippen LogP contribution in [0.3, 0.4) is 0 Å². The Morgan fingerprint density at radius 3 is 2.42 bits per heavy atom. The molecule has 0 bridgehead atoms. The maximum absolute atomic E-state index is 12.9. The lowest BCUT2D eigenvalue weighted by Crippen LogP contribution is -2.49. The number of piperazine rings is 1. The highest BCUT2D eigenvalue weighted by molar-refractivity contribution is 5.82. The lowest BCUT2D eigenvalue weighted by Gasteiger charge is -2.34. The van der Waals surface area contributed by atoms with Gasteiger partial charge >= 0.3 is 0 Å². The number of benzene rings is 2. The predicted octanol–water partition coefficient (Wildman–Crippen LogP) is 2.27. The molecule has 8 nitrogen and oxygen atoms in total. The maximum Gasteiger partial charge on any atom is 0.261 e. The molecule has 0 N–H and O–H groups in total. The molecule has 2 heterocycles. The van der Waals surface area contributed by atoms with Gasteiger partial charge in [-0.1, -0.05) is 42.5 Å². The van der Waals surface area contributed by atoms with Gasteiger partial charge in [0.15, 0.2) is 11.5 Å². The number of amides is 1. The smallest absolute Gasteiger partial charge is 0.261 e. The number of aromatic nitrogens is 2. The Labute approximate surface area is 192 Å². The van der Waals surface area contributed by atoms with Crippen LogP contribution in [0.15, 0.2) is 59.7 Å². The topological polar surface area (TPSA) is 76.9 Å². The van der Waals surface area contributed by atoms with Crippen LogP contribution < -0.4 is 15.0 Å². The first-order valence-corrected chi connectivity index (χ1v) is 10.9. The van der Waals surface area contributed by atoms with Crippen LogP contribution in [0.1, 0.15) is 5.56 Å². The van der Waals surface area contributed by atoms with Crippen LogP contribution in [-0.2, 0) is 11.3 Å². The Hall–Kier alpha value is -3.65. The Morgan fingerprint density at radius 1 is 1.03 bits per heavy atom. The SMILES string of the molecule is COc1cc2ncn(CC(=O)N3CCN(C/C=C/c4ccccc4)CC3)c(=O)c2cc1OC. The molecule has 172 valence electrons. The third-order valence-corrected chi connectivity index (χ3v) is 5.83. The van der Waals surface area contributed by atoms with Gasteiger partial charge in [0, 0.05) is 38.8 Å². The molecule has 0 spiro atoms. The number of hydrogen-bond donors (Lipinski definition) is 0. The van der Waals surface area contributed by atoms with Crippen LogP contribution in [0.2, 0.25) is 0 Å². The second kappa shape index (κ2) is 10.3. The van der Waals surface area contributed by atoms with Crippen molar-refractivity contribution >= 4 is 22.9 Å². The van der Waals surface area contributed by atoms with Crippen molar-refractivity contribution in [2.45, 2.75) is 6.54 Å².